The summed E-state index contributed by atoms with van der Waals surface area (Å²) in [5.41, 5.74) is 2.13. The first-order valence-corrected chi connectivity index (χ1v) is 7.03. The molecule has 2 aromatic rings. The van der Waals surface area contributed by atoms with Gasteiger partial charge in [0, 0.05) is 37.7 Å². The van der Waals surface area contributed by atoms with Crippen LogP contribution in [-0.4, -0.2) is 34.8 Å². The monoisotopic (exact) mass is 287 g/mol. The summed E-state index contributed by atoms with van der Waals surface area (Å²) < 4.78 is 5.22. The van der Waals surface area contributed by atoms with Crippen LogP contribution < -0.4 is 5.32 Å². The number of carbonyl (C=O) groups excluding carboxylic acids is 2. The number of hydrogen-bond donors (Lipinski definition) is 1. The molecule has 1 fully saturated rings. The van der Waals surface area contributed by atoms with Gasteiger partial charge in [0.1, 0.15) is 5.52 Å². The molecular formula is C15H17N3O3. The van der Waals surface area contributed by atoms with Crippen molar-refractivity contribution in [3.63, 3.8) is 0 Å². The van der Waals surface area contributed by atoms with Crippen LogP contribution in [0.15, 0.2) is 29.0 Å². The fourth-order valence-electron chi connectivity index (χ4n) is 2.63. The Bertz CT molecular complexity index is 672. The summed E-state index contributed by atoms with van der Waals surface area (Å²) in [4.78, 5) is 29.4. The maximum Gasteiger partial charge on any atom is 0.227 e. The first-order chi connectivity index (χ1) is 10.1. The Morgan fingerprint density at radius 2 is 2.10 bits per heavy atom. The van der Waals surface area contributed by atoms with Crippen LogP contribution >= 0.6 is 0 Å². The van der Waals surface area contributed by atoms with Gasteiger partial charge in [-0.15, -0.1) is 0 Å². The van der Waals surface area contributed by atoms with Crippen molar-refractivity contribution >= 4 is 28.6 Å². The van der Waals surface area contributed by atoms with Crippen LogP contribution in [0.25, 0.3) is 11.1 Å². The first-order valence-electron chi connectivity index (χ1n) is 7.03. The lowest BCUT2D eigenvalue weighted by atomic mass is 9.96. The van der Waals surface area contributed by atoms with Crippen LogP contribution in [0.1, 0.15) is 19.8 Å². The number of hydrogen-bond acceptors (Lipinski definition) is 4. The molecule has 1 aliphatic rings. The van der Waals surface area contributed by atoms with Crippen molar-refractivity contribution in [3.05, 3.63) is 24.6 Å². The SMILES string of the molecule is CC(=O)N1CCC(C(=O)Nc2ccc3ncoc3c2)CC1. The fraction of sp³-hybridized carbons (Fsp3) is 0.400. The van der Waals surface area contributed by atoms with Crippen molar-refractivity contribution in [2.24, 2.45) is 5.92 Å². The molecule has 1 saturated heterocycles. The smallest absolute Gasteiger partial charge is 0.227 e. The highest BCUT2D eigenvalue weighted by atomic mass is 16.3. The number of oxazole rings is 1. The summed E-state index contributed by atoms with van der Waals surface area (Å²) >= 11 is 0. The zero-order valence-electron chi connectivity index (χ0n) is 11.8. The van der Waals surface area contributed by atoms with E-state index in [0.717, 1.165) is 5.52 Å². The Kier molecular flexibility index (Phi) is 3.60. The van der Waals surface area contributed by atoms with Crippen LogP contribution in [-0.2, 0) is 9.59 Å². The Balaban J connectivity index is 1.62. The van der Waals surface area contributed by atoms with Crippen molar-refractivity contribution in [3.8, 4) is 0 Å². The van der Waals surface area contributed by atoms with Crippen LogP contribution in [0.2, 0.25) is 0 Å². The molecule has 110 valence electrons. The van der Waals surface area contributed by atoms with E-state index in [2.05, 4.69) is 10.3 Å². The minimum absolute atomic E-state index is 0.00272. The van der Waals surface area contributed by atoms with E-state index in [1.54, 1.807) is 17.9 Å². The normalized spacial score (nSPS) is 16.1. The molecule has 0 bridgehead atoms. The van der Waals surface area contributed by atoms with Crippen LogP contribution in [0.3, 0.4) is 0 Å². The molecule has 0 spiro atoms. The Labute approximate surface area is 122 Å². The molecule has 0 unspecified atom stereocenters. The maximum absolute atomic E-state index is 12.3. The zero-order valence-corrected chi connectivity index (χ0v) is 11.8. The number of benzene rings is 1. The van der Waals surface area contributed by atoms with E-state index in [1.165, 1.54) is 6.39 Å². The van der Waals surface area contributed by atoms with Gasteiger partial charge in [0.05, 0.1) is 0 Å². The second-order valence-electron chi connectivity index (χ2n) is 5.30. The Morgan fingerprint density at radius 3 is 2.81 bits per heavy atom. The van der Waals surface area contributed by atoms with Crippen LogP contribution in [0.4, 0.5) is 5.69 Å². The van der Waals surface area contributed by atoms with E-state index in [0.29, 0.717) is 37.2 Å². The van der Waals surface area contributed by atoms with Crippen LogP contribution in [0, 0.1) is 5.92 Å². The molecule has 1 aliphatic heterocycles. The Morgan fingerprint density at radius 1 is 1.33 bits per heavy atom. The minimum atomic E-state index is -0.0500. The van der Waals surface area contributed by atoms with Gasteiger partial charge in [0.25, 0.3) is 0 Å². The average molecular weight is 287 g/mol. The lowest BCUT2D eigenvalue weighted by Gasteiger charge is -2.30. The highest BCUT2D eigenvalue weighted by molar-refractivity contribution is 5.94. The van der Waals surface area contributed by atoms with Gasteiger partial charge in [0.2, 0.25) is 11.8 Å². The second kappa shape index (κ2) is 5.55. The molecule has 0 radical (unpaired) electrons. The molecule has 0 saturated carbocycles. The van der Waals surface area contributed by atoms with Crippen molar-refractivity contribution in [1.82, 2.24) is 9.88 Å². The third kappa shape index (κ3) is 2.89. The molecule has 1 aromatic carbocycles. The molecule has 1 aromatic heterocycles. The van der Waals surface area contributed by atoms with E-state index in [4.69, 9.17) is 4.42 Å². The average Bonchev–Trinajstić information content (AvgIpc) is 2.95. The molecule has 2 amide bonds. The highest BCUT2D eigenvalue weighted by Gasteiger charge is 2.26. The lowest BCUT2D eigenvalue weighted by Crippen LogP contribution is -2.40. The summed E-state index contributed by atoms with van der Waals surface area (Å²) in [7, 11) is 0. The van der Waals surface area contributed by atoms with Gasteiger partial charge in [-0.1, -0.05) is 0 Å². The fourth-order valence-corrected chi connectivity index (χ4v) is 2.63. The third-order valence-corrected chi connectivity index (χ3v) is 3.91. The number of amides is 2. The van der Waals surface area contributed by atoms with E-state index < -0.39 is 0 Å². The van der Waals surface area contributed by atoms with E-state index in [9.17, 15) is 9.59 Å². The number of nitrogens with one attached hydrogen (secondary N) is 1. The third-order valence-electron chi connectivity index (χ3n) is 3.91. The Hall–Kier alpha value is -2.37. The van der Waals surface area contributed by atoms with E-state index in [1.807, 2.05) is 12.1 Å². The van der Waals surface area contributed by atoms with Gasteiger partial charge in [-0.3, -0.25) is 9.59 Å². The summed E-state index contributed by atoms with van der Waals surface area (Å²) in [6, 6.07) is 5.39. The minimum Gasteiger partial charge on any atom is -0.443 e. The van der Waals surface area contributed by atoms with Crippen molar-refractivity contribution in [1.29, 1.82) is 0 Å². The van der Waals surface area contributed by atoms with Gasteiger partial charge in [-0.05, 0) is 25.0 Å². The largest absolute Gasteiger partial charge is 0.443 e. The summed E-state index contributed by atoms with van der Waals surface area (Å²) in [6.07, 6.45) is 2.79. The van der Waals surface area contributed by atoms with E-state index in [-0.39, 0.29) is 17.7 Å². The van der Waals surface area contributed by atoms with Crippen molar-refractivity contribution < 1.29 is 14.0 Å². The van der Waals surface area contributed by atoms with Crippen molar-refractivity contribution in [2.75, 3.05) is 18.4 Å². The molecular weight excluding hydrogens is 270 g/mol. The second-order valence-corrected chi connectivity index (χ2v) is 5.30. The predicted molar refractivity (Wildman–Crippen MR) is 77.6 cm³/mol. The molecule has 0 aliphatic carbocycles. The van der Waals surface area contributed by atoms with Gasteiger partial charge >= 0.3 is 0 Å². The number of likely N-dealkylation sites (tertiary alicyclic amines) is 1. The van der Waals surface area contributed by atoms with Gasteiger partial charge in [-0.2, -0.15) is 0 Å². The summed E-state index contributed by atoms with van der Waals surface area (Å²) in [5, 5.41) is 2.91. The van der Waals surface area contributed by atoms with Gasteiger partial charge < -0.3 is 14.6 Å². The number of aromatic nitrogens is 1. The number of rotatable bonds is 2. The quantitative estimate of drug-likeness (QED) is 0.917. The van der Waals surface area contributed by atoms with Gasteiger partial charge in [-0.25, -0.2) is 4.98 Å². The van der Waals surface area contributed by atoms with Crippen LogP contribution in [0.5, 0.6) is 0 Å². The molecule has 0 atom stereocenters. The number of anilines is 1. The van der Waals surface area contributed by atoms with Crippen molar-refractivity contribution in [2.45, 2.75) is 19.8 Å². The lowest BCUT2D eigenvalue weighted by molar-refractivity contribution is -0.132. The summed E-state index contributed by atoms with van der Waals surface area (Å²) in [5.74, 6) is 0.0210. The summed E-state index contributed by atoms with van der Waals surface area (Å²) in [6.45, 7) is 2.86. The van der Waals surface area contributed by atoms with E-state index >= 15 is 0 Å². The van der Waals surface area contributed by atoms with Gasteiger partial charge in [0.15, 0.2) is 12.0 Å². The first kappa shape index (κ1) is 13.6. The predicted octanol–water partition coefficient (Wildman–Crippen LogP) is 2.02. The molecule has 6 nitrogen and oxygen atoms in total. The zero-order chi connectivity index (χ0) is 14.8. The number of nitrogens with zero attached hydrogens (tertiary/aromatic N) is 2. The topological polar surface area (TPSA) is 75.4 Å². The molecule has 1 N–H and O–H groups in total. The number of carbonyl (C=O) groups is 2. The highest BCUT2D eigenvalue weighted by Crippen LogP contribution is 2.22. The molecule has 21 heavy (non-hydrogen) atoms. The number of fused-ring (bicyclic) bond motifs is 1. The maximum atomic E-state index is 12.3. The standard InChI is InChI=1S/C15H17N3O3/c1-10(19)18-6-4-11(5-7-18)15(20)17-12-2-3-13-14(8-12)21-9-16-13/h2-3,8-9,11H,4-7H2,1H3,(H,17,20). The molecule has 2 heterocycles. The molecule has 6 heteroatoms. The number of piperidine rings is 1. The molecule has 3 rings (SSSR count).